The number of urea groups is 1. The molecule has 142 valence electrons. The zero-order valence-electron chi connectivity index (χ0n) is 15.2. The van der Waals surface area contributed by atoms with Crippen LogP contribution in [0.1, 0.15) is 21.5 Å². The monoisotopic (exact) mass is 372 g/mol. The van der Waals surface area contributed by atoms with Gasteiger partial charge in [-0.3, -0.25) is 10.1 Å². The summed E-state index contributed by atoms with van der Waals surface area (Å²) < 4.78 is 9.72. The van der Waals surface area contributed by atoms with E-state index in [1.807, 2.05) is 19.9 Å². The SMILES string of the molecule is COc1ccc(C(=O)OCC(=O)NC(=O)Nc2cccc(C)c2C)c(O)c1. The fraction of sp³-hybridized carbons (Fsp3) is 0.211. The number of nitrogens with one attached hydrogen (secondary N) is 2. The van der Waals surface area contributed by atoms with Crippen LogP contribution < -0.4 is 15.4 Å². The number of methoxy groups -OCH3 is 1. The van der Waals surface area contributed by atoms with Crippen molar-refractivity contribution in [1.82, 2.24) is 5.32 Å². The highest BCUT2D eigenvalue weighted by Gasteiger charge is 2.16. The Kier molecular flexibility index (Phi) is 6.37. The zero-order chi connectivity index (χ0) is 20.0. The molecule has 0 saturated heterocycles. The number of anilines is 1. The number of aryl methyl sites for hydroxylation is 1. The molecular weight excluding hydrogens is 352 g/mol. The molecule has 0 heterocycles. The third-order valence-corrected chi connectivity index (χ3v) is 3.86. The van der Waals surface area contributed by atoms with Crippen molar-refractivity contribution in [1.29, 1.82) is 0 Å². The Labute approximate surface area is 156 Å². The van der Waals surface area contributed by atoms with Gasteiger partial charge in [-0.2, -0.15) is 0 Å². The summed E-state index contributed by atoms with van der Waals surface area (Å²) in [4.78, 5) is 35.6. The summed E-state index contributed by atoms with van der Waals surface area (Å²) in [5.74, 6) is -1.68. The first-order valence-corrected chi connectivity index (χ1v) is 8.03. The number of phenolic OH excluding ortho intramolecular Hbond substituents is 1. The van der Waals surface area contributed by atoms with Crippen molar-refractivity contribution in [2.45, 2.75) is 13.8 Å². The molecule has 2 aromatic carbocycles. The average molecular weight is 372 g/mol. The van der Waals surface area contributed by atoms with Crippen LogP contribution in [-0.4, -0.2) is 36.7 Å². The first-order chi connectivity index (χ1) is 12.8. The lowest BCUT2D eigenvalue weighted by atomic mass is 10.1. The maximum Gasteiger partial charge on any atom is 0.342 e. The largest absolute Gasteiger partial charge is 0.507 e. The van der Waals surface area contributed by atoms with Crippen molar-refractivity contribution in [2.75, 3.05) is 19.0 Å². The van der Waals surface area contributed by atoms with Crippen molar-refractivity contribution in [3.8, 4) is 11.5 Å². The Morgan fingerprint density at radius 1 is 1.11 bits per heavy atom. The van der Waals surface area contributed by atoms with Gasteiger partial charge in [-0.15, -0.1) is 0 Å². The number of esters is 1. The predicted molar refractivity (Wildman–Crippen MR) is 98.0 cm³/mol. The first kappa shape index (κ1) is 19.8. The van der Waals surface area contributed by atoms with Gasteiger partial charge in [0.1, 0.15) is 17.1 Å². The number of amides is 3. The van der Waals surface area contributed by atoms with E-state index in [1.54, 1.807) is 12.1 Å². The number of phenols is 1. The van der Waals surface area contributed by atoms with Crippen LogP contribution in [0.4, 0.5) is 10.5 Å². The summed E-state index contributed by atoms with van der Waals surface area (Å²) in [5, 5.41) is 14.4. The van der Waals surface area contributed by atoms with Crippen LogP contribution in [0.25, 0.3) is 0 Å². The minimum atomic E-state index is -0.903. The maximum absolute atomic E-state index is 11.9. The lowest BCUT2D eigenvalue weighted by Gasteiger charge is -2.11. The molecule has 0 radical (unpaired) electrons. The molecule has 0 aromatic heterocycles. The molecule has 2 rings (SSSR count). The second-order valence-corrected chi connectivity index (χ2v) is 5.71. The van der Waals surface area contributed by atoms with E-state index in [1.165, 1.54) is 25.3 Å². The Morgan fingerprint density at radius 3 is 2.52 bits per heavy atom. The molecule has 0 unspecified atom stereocenters. The number of ether oxygens (including phenoxy) is 2. The Bertz CT molecular complexity index is 878. The molecule has 8 heteroatoms. The maximum atomic E-state index is 11.9. The van der Waals surface area contributed by atoms with Crippen LogP contribution in [0.3, 0.4) is 0 Å². The number of imide groups is 1. The fourth-order valence-corrected chi connectivity index (χ4v) is 2.22. The van der Waals surface area contributed by atoms with Crippen molar-refractivity contribution < 1.29 is 29.0 Å². The summed E-state index contributed by atoms with van der Waals surface area (Å²) in [6.07, 6.45) is 0. The molecule has 0 aliphatic carbocycles. The van der Waals surface area contributed by atoms with Gasteiger partial charge in [0.05, 0.1) is 7.11 Å². The predicted octanol–water partition coefficient (Wildman–Crippen LogP) is 2.52. The van der Waals surface area contributed by atoms with E-state index in [-0.39, 0.29) is 11.3 Å². The highest BCUT2D eigenvalue weighted by Crippen LogP contribution is 2.24. The highest BCUT2D eigenvalue weighted by molar-refractivity contribution is 6.02. The molecule has 3 amide bonds. The van der Waals surface area contributed by atoms with Gasteiger partial charge in [0.2, 0.25) is 0 Å². The molecule has 2 aromatic rings. The van der Waals surface area contributed by atoms with E-state index in [9.17, 15) is 19.5 Å². The fourth-order valence-electron chi connectivity index (χ4n) is 2.22. The van der Waals surface area contributed by atoms with Gasteiger partial charge in [0.15, 0.2) is 6.61 Å². The number of rotatable bonds is 5. The lowest BCUT2D eigenvalue weighted by molar-refractivity contribution is -0.123. The molecule has 0 aliphatic rings. The molecule has 0 saturated carbocycles. The second-order valence-electron chi connectivity index (χ2n) is 5.71. The lowest BCUT2D eigenvalue weighted by Crippen LogP contribution is -2.37. The van der Waals surface area contributed by atoms with E-state index in [4.69, 9.17) is 9.47 Å². The summed E-state index contributed by atoms with van der Waals surface area (Å²) in [7, 11) is 1.42. The van der Waals surface area contributed by atoms with Gasteiger partial charge < -0.3 is 19.9 Å². The van der Waals surface area contributed by atoms with E-state index in [2.05, 4.69) is 10.6 Å². The number of benzene rings is 2. The topological polar surface area (TPSA) is 114 Å². The van der Waals surface area contributed by atoms with Crippen LogP contribution in [-0.2, 0) is 9.53 Å². The summed E-state index contributed by atoms with van der Waals surface area (Å²) in [6, 6.07) is 8.67. The Morgan fingerprint density at radius 2 is 1.85 bits per heavy atom. The van der Waals surface area contributed by atoms with Gasteiger partial charge in [-0.25, -0.2) is 9.59 Å². The van der Waals surface area contributed by atoms with Crippen LogP contribution in [0.5, 0.6) is 11.5 Å². The molecule has 0 atom stereocenters. The minimum Gasteiger partial charge on any atom is -0.507 e. The van der Waals surface area contributed by atoms with Crippen molar-refractivity contribution in [2.24, 2.45) is 0 Å². The van der Waals surface area contributed by atoms with Gasteiger partial charge in [0.25, 0.3) is 5.91 Å². The summed E-state index contributed by atoms with van der Waals surface area (Å²) >= 11 is 0. The molecule has 0 bridgehead atoms. The van der Waals surface area contributed by atoms with Gasteiger partial charge in [0, 0.05) is 11.8 Å². The Balaban J connectivity index is 1.87. The minimum absolute atomic E-state index is 0.122. The molecule has 0 aliphatic heterocycles. The molecule has 27 heavy (non-hydrogen) atoms. The number of carbonyl (C=O) groups is 3. The number of hydrogen-bond acceptors (Lipinski definition) is 6. The molecular formula is C19H20N2O6. The highest BCUT2D eigenvalue weighted by atomic mass is 16.5. The third kappa shape index (κ3) is 5.21. The standard InChI is InChI=1S/C19H20N2O6/c1-11-5-4-6-15(12(11)2)20-19(25)21-17(23)10-27-18(24)14-8-7-13(26-3)9-16(14)22/h4-9,22H,10H2,1-3H3,(H2,20,21,23,25). The Hall–Kier alpha value is -3.55. The van der Waals surface area contributed by atoms with Gasteiger partial charge >= 0.3 is 12.0 Å². The molecule has 0 spiro atoms. The van der Waals surface area contributed by atoms with Gasteiger partial charge in [-0.05, 0) is 43.2 Å². The normalized spacial score (nSPS) is 10.0. The van der Waals surface area contributed by atoms with E-state index in [0.29, 0.717) is 11.4 Å². The van der Waals surface area contributed by atoms with Crippen LogP contribution in [0.2, 0.25) is 0 Å². The second kappa shape index (κ2) is 8.70. The van der Waals surface area contributed by atoms with Crippen LogP contribution in [0, 0.1) is 13.8 Å². The molecule has 3 N–H and O–H groups in total. The molecule has 0 fully saturated rings. The smallest absolute Gasteiger partial charge is 0.342 e. The summed E-state index contributed by atoms with van der Waals surface area (Å²) in [5.41, 5.74) is 2.32. The van der Waals surface area contributed by atoms with Crippen LogP contribution >= 0.6 is 0 Å². The molecule has 8 nitrogen and oxygen atoms in total. The summed E-state index contributed by atoms with van der Waals surface area (Å²) in [6.45, 7) is 3.07. The number of aromatic hydroxyl groups is 1. The van der Waals surface area contributed by atoms with E-state index >= 15 is 0 Å². The van der Waals surface area contributed by atoms with Gasteiger partial charge in [-0.1, -0.05) is 12.1 Å². The van der Waals surface area contributed by atoms with E-state index in [0.717, 1.165) is 11.1 Å². The van der Waals surface area contributed by atoms with Crippen molar-refractivity contribution >= 4 is 23.6 Å². The third-order valence-electron chi connectivity index (χ3n) is 3.86. The quantitative estimate of drug-likeness (QED) is 0.695. The average Bonchev–Trinajstić information content (AvgIpc) is 2.63. The van der Waals surface area contributed by atoms with Crippen molar-refractivity contribution in [3.05, 3.63) is 53.1 Å². The van der Waals surface area contributed by atoms with Crippen LogP contribution in [0.15, 0.2) is 36.4 Å². The van der Waals surface area contributed by atoms with Crippen molar-refractivity contribution in [3.63, 3.8) is 0 Å². The number of hydrogen-bond donors (Lipinski definition) is 3. The van der Waals surface area contributed by atoms with E-state index < -0.39 is 24.5 Å². The first-order valence-electron chi connectivity index (χ1n) is 8.03. The number of carbonyl (C=O) groups excluding carboxylic acids is 3. The zero-order valence-corrected chi connectivity index (χ0v) is 15.2.